The SMILES string of the molecule is N#Cc1c(-c2ncc(C(F)(F)F)cc2Cl)n[nH]c1N. The summed E-state index contributed by atoms with van der Waals surface area (Å²) in [4.78, 5) is 3.60. The number of alkyl halides is 3. The quantitative estimate of drug-likeness (QED) is 0.843. The summed E-state index contributed by atoms with van der Waals surface area (Å²) in [5.74, 6) is -0.00438. The fourth-order valence-corrected chi connectivity index (χ4v) is 1.66. The topological polar surface area (TPSA) is 91.4 Å². The molecule has 0 spiro atoms. The minimum absolute atomic E-state index is 0.00438. The first-order valence-electron chi connectivity index (χ1n) is 4.81. The van der Waals surface area contributed by atoms with Crippen LogP contribution in [-0.4, -0.2) is 15.2 Å². The fourth-order valence-electron chi connectivity index (χ4n) is 1.41. The molecule has 0 fully saturated rings. The van der Waals surface area contributed by atoms with Gasteiger partial charge in [-0.3, -0.25) is 10.1 Å². The van der Waals surface area contributed by atoms with Gasteiger partial charge in [0.2, 0.25) is 0 Å². The predicted molar refractivity (Wildman–Crippen MR) is 61.0 cm³/mol. The zero-order valence-corrected chi connectivity index (χ0v) is 9.84. The van der Waals surface area contributed by atoms with E-state index in [1.807, 2.05) is 0 Å². The Morgan fingerprint density at radius 3 is 2.58 bits per heavy atom. The first-order chi connectivity index (χ1) is 8.84. The van der Waals surface area contributed by atoms with E-state index in [1.165, 1.54) is 0 Å². The molecule has 2 heterocycles. The summed E-state index contributed by atoms with van der Waals surface area (Å²) in [6, 6.07) is 2.49. The van der Waals surface area contributed by atoms with Crippen LogP contribution >= 0.6 is 11.6 Å². The van der Waals surface area contributed by atoms with Gasteiger partial charge in [0.05, 0.1) is 10.6 Å². The molecule has 0 saturated carbocycles. The van der Waals surface area contributed by atoms with Crippen molar-refractivity contribution in [3.63, 3.8) is 0 Å². The standard InChI is InChI=1S/C10H5ClF3N5/c11-6-1-4(10(12,13)14)3-17-8(6)7-5(2-15)9(16)19-18-7/h1,3H,(H3,16,18,19). The number of aromatic nitrogens is 3. The van der Waals surface area contributed by atoms with Crippen molar-refractivity contribution in [2.45, 2.75) is 6.18 Å². The number of rotatable bonds is 1. The molecule has 19 heavy (non-hydrogen) atoms. The van der Waals surface area contributed by atoms with Crippen LogP contribution in [0.2, 0.25) is 5.02 Å². The number of nitrogens with two attached hydrogens (primary N) is 1. The lowest BCUT2D eigenvalue weighted by atomic mass is 10.1. The van der Waals surface area contributed by atoms with Crippen LogP contribution in [0.15, 0.2) is 12.3 Å². The molecule has 0 saturated heterocycles. The van der Waals surface area contributed by atoms with Crippen LogP contribution in [0.3, 0.4) is 0 Å². The molecule has 0 unspecified atom stereocenters. The molecule has 98 valence electrons. The minimum Gasteiger partial charge on any atom is -0.383 e. The third kappa shape index (κ3) is 2.32. The van der Waals surface area contributed by atoms with Crippen LogP contribution in [0.1, 0.15) is 11.1 Å². The van der Waals surface area contributed by atoms with Gasteiger partial charge in [0.1, 0.15) is 28.8 Å². The Labute approximate surface area is 109 Å². The maximum atomic E-state index is 12.5. The third-order valence-electron chi connectivity index (χ3n) is 2.30. The zero-order chi connectivity index (χ0) is 14.2. The lowest BCUT2D eigenvalue weighted by Gasteiger charge is -2.07. The molecule has 3 N–H and O–H groups in total. The third-order valence-corrected chi connectivity index (χ3v) is 2.59. The van der Waals surface area contributed by atoms with Crippen LogP contribution in [0.4, 0.5) is 19.0 Å². The highest BCUT2D eigenvalue weighted by atomic mass is 35.5. The van der Waals surface area contributed by atoms with E-state index in [4.69, 9.17) is 22.6 Å². The molecule has 2 aromatic rings. The van der Waals surface area contributed by atoms with Crippen LogP contribution in [0, 0.1) is 11.3 Å². The number of pyridine rings is 1. The smallest absolute Gasteiger partial charge is 0.383 e. The molecule has 0 radical (unpaired) electrons. The maximum absolute atomic E-state index is 12.5. The van der Waals surface area contributed by atoms with E-state index in [1.54, 1.807) is 6.07 Å². The van der Waals surface area contributed by atoms with Crippen molar-refractivity contribution in [1.29, 1.82) is 5.26 Å². The van der Waals surface area contributed by atoms with E-state index in [9.17, 15) is 13.2 Å². The van der Waals surface area contributed by atoms with Crippen molar-refractivity contribution < 1.29 is 13.2 Å². The van der Waals surface area contributed by atoms with Gasteiger partial charge in [-0.2, -0.15) is 23.5 Å². The zero-order valence-electron chi connectivity index (χ0n) is 9.09. The number of hydrogen-bond acceptors (Lipinski definition) is 4. The number of halogens is 4. The average Bonchev–Trinajstić information content (AvgIpc) is 2.69. The van der Waals surface area contributed by atoms with Crippen molar-refractivity contribution in [2.75, 3.05) is 5.73 Å². The molecule has 2 rings (SSSR count). The molecule has 0 aliphatic heterocycles. The van der Waals surface area contributed by atoms with Crippen molar-refractivity contribution in [2.24, 2.45) is 0 Å². The highest BCUT2D eigenvalue weighted by Crippen LogP contribution is 2.34. The minimum atomic E-state index is -4.54. The summed E-state index contributed by atoms with van der Waals surface area (Å²) in [5, 5.41) is 14.7. The number of nitriles is 1. The van der Waals surface area contributed by atoms with Gasteiger partial charge >= 0.3 is 6.18 Å². The number of H-pyrrole nitrogens is 1. The van der Waals surface area contributed by atoms with Gasteiger partial charge < -0.3 is 5.73 Å². The van der Waals surface area contributed by atoms with Gasteiger partial charge in [0, 0.05) is 6.20 Å². The Hall–Kier alpha value is -2.27. The fraction of sp³-hybridized carbons (Fsp3) is 0.100. The Morgan fingerprint density at radius 1 is 1.37 bits per heavy atom. The lowest BCUT2D eigenvalue weighted by Crippen LogP contribution is -2.06. The van der Waals surface area contributed by atoms with Gasteiger partial charge in [-0.15, -0.1) is 0 Å². The highest BCUT2D eigenvalue weighted by Gasteiger charge is 2.32. The van der Waals surface area contributed by atoms with E-state index in [2.05, 4.69) is 15.2 Å². The highest BCUT2D eigenvalue weighted by molar-refractivity contribution is 6.33. The van der Waals surface area contributed by atoms with Crippen LogP contribution in [0.5, 0.6) is 0 Å². The maximum Gasteiger partial charge on any atom is 0.417 e. The Morgan fingerprint density at radius 2 is 2.05 bits per heavy atom. The molecular formula is C10H5ClF3N5. The van der Waals surface area contributed by atoms with Crippen molar-refractivity contribution in [3.8, 4) is 17.5 Å². The number of anilines is 1. The normalized spacial score (nSPS) is 11.3. The summed E-state index contributed by atoms with van der Waals surface area (Å²) < 4.78 is 37.4. The molecule has 0 atom stereocenters. The van der Waals surface area contributed by atoms with E-state index in [0.29, 0.717) is 6.20 Å². The molecule has 0 bridgehead atoms. The summed E-state index contributed by atoms with van der Waals surface area (Å²) >= 11 is 5.74. The van der Waals surface area contributed by atoms with Gasteiger partial charge in [-0.05, 0) is 6.07 Å². The summed E-state index contributed by atoms with van der Waals surface area (Å²) in [7, 11) is 0. The molecule has 2 aromatic heterocycles. The molecule has 9 heteroatoms. The van der Waals surface area contributed by atoms with Crippen molar-refractivity contribution in [1.82, 2.24) is 15.2 Å². The van der Waals surface area contributed by atoms with Crippen LogP contribution in [0.25, 0.3) is 11.4 Å². The van der Waals surface area contributed by atoms with Crippen molar-refractivity contribution in [3.05, 3.63) is 28.4 Å². The van der Waals surface area contributed by atoms with Gasteiger partial charge in [-0.25, -0.2) is 0 Å². The van der Waals surface area contributed by atoms with Crippen molar-refractivity contribution >= 4 is 17.4 Å². The number of nitrogens with zero attached hydrogens (tertiary/aromatic N) is 3. The van der Waals surface area contributed by atoms with E-state index < -0.39 is 11.7 Å². The van der Waals surface area contributed by atoms with Crippen LogP contribution in [-0.2, 0) is 6.18 Å². The molecule has 0 aliphatic carbocycles. The van der Waals surface area contributed by atoms with E-state index in [0.717, 1.165) is 6.07 Å². The largest absolute Gasteiger partial charge is 0.417 e. The van der Waals surface area contributed by atoms with Crippen LogP contribution < -0.4 is 5.73 Å². The monoisotopic (exact) mass is 287 g/mol. The lowest BCUT2D eigenvalue weighted by molar-refractivity contribution is -0.137. The van der Waals surface area contributed by atoms with E-state index >= 15 is 0 Å². The molecule has 0 amide bonds. The summed E-state index contributed by atoms with van der Waals surface area (Å²) in [5.41, 5.74) is 4.41. The predicted octanol–water partition coefficient (Wildman–Crippen LogP) is 2.60. The van der Waals surface area contributed by atoms with Gasteiger partial charge in [-0.1, -0.05) is 11.6 Å². The summed E-state index contributed by atoms with van der Waals surface area (Å²) in [6.07, 6.45) is -3.93. The molecule has 5 nitrogen and oxygen atoms in total. The second-order valence-electron chi connectivity index (χ2n) is 3.52. The number of hydrogen-bond donors (Lipinski definition) is 2. The molecule has 0 aromatic carbocycles. The number of nitrogen functional groups attached to an aromatic ring is 1. The van der Waals surface area contributed by atoms with Gasteiger partial charge in [0.25, 0.3) is 0 Å². The first kappa shape index (κ1) is 13.2. The van der Waals surface area contributed by atoms with E-state index in [-0.39, 0.29) is 27.8 Å². The Bertz CT molecular complexity index is 671. The molecule has 0 aliphatic rings. The summed E-state index contributed by atoms with van der Waals surface area (Å²) in [6.45, 7) is 0. The second kappa shape index (κ2) is 4.44. The molecular weight excluding hydrogens is 283 g/mol. The number of nitrogens with one attached hydrogen (secondary N) is 1. The second-order valence-corrected chi connectivity index (χ2v) is 3.93. The Balaban J connectivity index is 2.56. The average molecular weight is 288 g/mol. The number of aromatic amines is 1. The van der Waals surface area contributed by atoms with Gasteiger partial charge in [0.15, 0.2) is 0 Å². The first-order valence-corrected chi connectivity index (χ1v) is 5.19. The Kier molecular flexibility index (Phi) is 3.08.